The molecular weight excluding hydrogens is 458 g/mol. The molecule has 0 unspecified atom stereocenters. The number of ether oxygens (including phenoxy) is 1. The topological polar surface area (TPSA) is 72.3 Å². The maximum absolute atomic E-state index is 13.0. The molecule has 35 heavy (non-hydrogen) atoms. The van der Waals surface area contributed by atoms with Crippen molar-refractivity contribution in [1.82, 2.24) is 14.8 Å². The molecule has 1 aromatic heterocycles. The summed E-state index contributed by atoms with van der Waals surface area (Å²) in [5.41, 5.74) is 3.68. The Kier molecular flexibility index (Phi) is 6.99. The Morgan fingerprint density at radius 3 is 2.46 bits per heavy atom. The maximum Gasteiger partial charge on any atom is 0.234 e. The Morgan fingerprint density at radius 2 is 1.66 bits per heavy atom. The van der Waals surface area contributed by atoms with Gasteiger partial charge >= 0.3 is 0 Å². The summed E-state index contributed by atoms with van der Waals surface area (Å²) in [5, 5.41) is 12.6. The Labute approximate surface area is 209 Å². The van der Waals surface area contributed by atoms with Crippen LogP contribution in [0.15, 0.2) is 84.0 Å². The summed E-state index contributed by atoms with van der Waals surface area (Å²) in [6.45, 7) is 2.04. The highest BCUT2D eigenvalue weighted by atomic mass is 32.2. The van der Waals surface area contributed by atoms with E-state index in [0.29, 0.717) is 16.7 Å². The number of anilines is 2. The second kappa shape index (κ2) is 10.7. The van der Waals surface area contributed by atoms with E-state index in [1.54, 1.807) is 7.11 Å². The van der Waals surface area contributed by atoms with Crippen LogP contribution in [0, 0.1) is 0 Å². The fraction of sp³-hybridized carbons (Fsp3) is 0.222. The van der Waals surface area contributed by atoms with Crippen LogP contribution in [-0.2, 0) is 4.79 Å². The number of amides is 1. The van der Waals surface area contributed by atoms with Crippen LogP contribution in [0.2, 0.25) is 0 Å². The molecule has 0 bridgehead atoms. The third-order valence-corrected chi connectivity index (χ3v) is 6.88. The van der Waals surface area contributed by atoms with Gasteiger partial charge in [0.2, 0.25) is 5.91 Å². The molecule has 0 saturated carbocycles. The number of nitrogens with one attached hydrogen (secondary N) is 1. The highest BCUT2D eigenvalue weighted by Gasteiger charge is 2.21. The number of nitrogens with zero attached hydrogens (tertiary/aromatic N) is 4. The van der Waals surface area contributed by atoms with Crippen LogP contribution in [0.5, 0.6) is 5.75 Å². The number of thioether (sulfide) groups is 1. The molecule has 1 saturated heterocycles. The lowest BCUT2D eigenvalue weighted by molar-refractivity contribution is -0.113. The van der Waals surface area contributed by atoms with Crippen molar-refractivity contribution in [2.24, 2.45) is 0 Å². The first-order chi connectivity index (χ1) is 17.2. The zero-order valence-corrected chi connectivity index (χ0v) is 20.4. The van der Waals surface area contributed by atoms with E-state index in [1.807, 2.05) is 77.4 Å². The predicted octanol–water partition coefficient (Wildman–Crippen LogP) is 5.27. The molecule has 0 spiro atoms. The van der Waals surface area contributed by atoms with Gasteiger partial charge in [-0.15, -0.1) is 10.2 Å². The molecule has 178 valence electrons. The standard InChI is InChI=1S/C27H27N5O2S/c1-34-24-16-8-5-13-21(24)26-29-30-27(32(26)20-11-3-2-4-12-20)35-19-25(33)28-22-14-6-7-15-23(22)31-17-9-10-18-31/h2-8,11-16H,9-10,17-19H2,1H3,(H,28,33). The molecule has 0 aliphatic carbocycles. The number of para-hydroxylation sites is 4. The van der Waals surface area contributed by atoms with Gasteiger partial charge in [-0.2, -0.15) is 0 Å². The van der Waals surface area contributed by atoms with E-state index < -0.39 is 0 Å². The van der Waals surface area contributed by atoms with Crippen LogP contribution in [0.25, 0.3) is 17.1 Å². The average molecular weight is 486 g/mol. The molecule has 1 amide bonds. The van der Waals surface area contributed by atoms with Crippen molar-refractivity contribution in [3.05, 3.63) is 78.9 Å². The van der Waals surface area contributed by atoms with Gasteiger partial charge in [0.05, 0.1) is 29.8 Å². The highest BCUT2D eigenvalue weighted by molar-refractivity contribution is 7.99. The summed E-state index contributed by atoms with van der Waals surface area (Å²) in [6.07, 6.45) is 2.36. The lowest BCUT2D eigenvalue weighted by atomic mass is 10.2. The first-order valence-corrected chi connectivity index (χ1v) is 12.6. The van der Waals surface area contributed by atoms with E-state index in [-0.39, 0.29) is 11.7 Å². The van der Waals surface area contributed by atoms with Crippen molar-refractivity contribution in [2.45, 2.75) is 18.0 Å². The molecule has 0 atom stereocenters. The van der Waals surface area contributed by atoms with Crippen molar-refractivity contribution in [3.8, 4) is 22.8 Å². The van der Waals surface area contributed by atoms with Crippen LogP contribution >= 0.6 is 11.8 Å². The highest BCUT2D eigenvalue weighted by Crippen LogP contribution is 2.33. The SMILES string of the molecule is COc1ccccc1-c1nnc(SCC(=O)Nc2ccccc2N2CCCC2)n1-c1ccccc1. The summed E-state index contributed by atoms with van der Waals surface area (Å²) >= 11 is 1.36. The normalized spacial score (nSPS) is 13.1. The van der Waals surface area contributed by atoms with E-state index in [2.05, 4.69) is 26.5 Å². The van der Waals surface area contributed by atoms with E-state index in [1.165, 1.54) is 24.6 Å². The summed E-state index contributed by atoms with van der Waals surface area (Å²) in [6, 6.07) is 25.6. The molecule has 3 aromatic carbocycles. The smallest absolute Gasteiger partial charge is 0.234 e. The summed E-state index contributed by atoms with van der Waals surface area (Å²) in [4.78, 5) is 15.3. The van der Waals surface area contributed by atoms with Gasteiger partial charge in [0, 0.05) is 18.8 Å². The molecule has 4 aromatic rings. The minimum absolute atomic E-state index is 0.0805. The van der Waals surface area contributed by atoms with Gasteiger partial charge in [0.25, 0.3) is 0 Å². The first kappa shape index (κ1) is 23.0. The Morgan fingerprint density at radius 1 is 0.943 bits per heavy atom. The molecule has 7 nitrogen and oxygen atoms in total. The largest absolute Gasteiger partial charge is 0.496 e. The molecule has 5 rings (SSSR count). The number of rotatable bonds is 8. The third kappa shape index (κ3) is 5.02. The lowest BCUT2D eigenvalue weighted by Crippen LogP contribution is -2.21. The van der Waals surface area contributed by atoms with E-state index in [4.69, 9.17) is 4.74 Å². The summed E-state index contributed by atoms with van der Waals surface area (Å²) in [5.74, 6) is 1.51. The molecule has 0 radical (unpaired) electrons. The second-order valence-electron chi connectivity index (χ2n) is 8.23. The second-order valence-corrected chi connectivity index (χ2v) is 9.17. The Balaban J connectivity index is 1.39. The zero-order valence-electron chi connectivity index (χ0n) is 19.6. The first-order valence-electron chi connectivity index (χ1n) is 11.7. The molecular formula is C27H27N5O2S. The molecule has 1 aliphatic heterocycles. The van der Waals surface area contributed by atoms with Gasteiger partial charge in [0.1, 0.15) is 5.75 Å². The van der Waals surface area contributed by atoms with Gasteiger partial charge in [-0.3, -0.25) is 9.36 Å². The third-order valence-electron chi connectivity index (χ3n) is 5.95. The number of hydrogen-bond acceptors (Lipinski definition) is 6. The number of methoxy groups -OCH3 is 1. The average Bonchev–Trinajstić information content (AvgIpc) is 3.59. The summed E-state index contributed by atoms with van der Waals surface area (Å²) in [7, 11) is 1.64. The minimum Gasteiger partial charge on any atom is -0.496 e. The Bertz CT molecular complexity index is 1300. The van der Waals surface area contributed by atoms with E-state index >= 15 is 0 Å². The summed E-state index contributed by atoms with van der Waals surface area (Å²) < 4.78 is 7.53. The lowest BCUT2D eigenvalue weighted by Gasteiger charge is -2.21. The van der Waals surface area contributed by atoms with Gasteiger partial charge in [-0.25, -0.2) is 0 Å². The number of carbonyl (C=O) groups is 1. The van der Waals surface area contributed by atoms with E-state index in [9.17, 15) is 4.79 Å². The molecule has 8 heteroatoms. The number of hydrogen-bond donors (Lipinski definition) is 1. The minimum atomic E-state index is -0.0805. The van der Waals surface area contributed by atoms with Crippen LogP contribution in [0.1, 0.15) is 12.8 Å². The van der Waals surface area contributed by atoms with Gasteiger partial charge in [0.15, 0.2) is 11.0 Å². The Hall–Kier alpha value is -3.78. The van der Waals surface area contributed by atoms with Crippen LogP contribution < -0.4 is 15.0 Å². The fourth-order valence-electron chi connectivity index (χ4n) is 4.31. The monoisotopic (exact) mass is 485 g/mol. The number of aromatic nitrogens is 3. The number of benzene rings is 3. The van der Waals surface area contributed by atoms with Crippen LogP contribution in [-0.4, -0.2) is 46.6 Å². The maximum atomic E-state index is 13.0. The fourth-order valence-corrected chi connectivity index (χ4v) is 5.06. The van der Waals surface area contributed by atoms with Crippen molar-refractivity contribution < 1.29 is 9.53 Å². The molecule has 1 fully saturated rings. The van der Waals surface area contributed by atoms with Gasteiger partial charge in [-0.1, -0.05) is 54.2 Å². The zero-order chi connectivity index (χ0) is 24.0. The quantitative estimate of drug-likeness (QED) is 0.343. The van der Waals surface area contributed by atoms with Crippen molar-refractivity contribution >= 4 is 29.0 Å². The van der Waals surface area contributed by atoms with Crippen molar-refractivity contribution in [3.63, 3.8) is 0 Å². The predicted molar refractivity (Wildman–Crippen MR) is 141 cm³/mol. The van der Waals surface area contributed by atoms with Gasteiger partial charge < -0.3 is 15.0 Å². The molecule has 1 N–H and O–H groups in total. The van der Waals surface area contributed by atoms with Gasteiger partial charge in [-0.05, 0) is 49.2 Å². The molecule has 2 heterocycles. The molecule has 1 aliphatic rings. The van der Waals surface area contributed by atoms with Crippen molar-refractivity contribution in [2.75, 3.05) is 36.2 Å². The van der Waals surface area contributed by atoms with Crippen LogP contribution in [0.3, 0.4) is 0 Å². The van der Waals surface area contributed by atoms with Crippen LogP contribution in [0.4, 0.5) is 11.4 Å². The number of carbonyl (C=O) groups excluding carboxylic acids is 1. The van der Waals surface area contributed by atoms with E-state index in [0.717, 1.165) is 35.7 Å². The van der Waals surface area contributed by atoms with Crippen molar-refractivity contribution in [1.29, 1.82) is 0 Å².